The van der Waals surface area contributed by atoms with Crippen molar-refractivity contribution in [1.29, 1.82) is 0 Å². The van der Waals surface area contributed by atoms with Gasteiger partial charge in [-0.1, -0.05) is 12.5 Å². The molecular formula is C12H17NOS. The molecule has 0 aliphatic carbocycles. The van der Waals surface area contributed by atoms with Crippen molar-refractivity contribution in [2.24, 2.45) is 0 Å². The molecule has 0 atom stereocenters. The average molecular weight is 223 g/mol. The fourth-order valence-corrected chi connectivity index (χ4v) is 2.76. The molecule has 0 bridgehead atoms. The van der Waals surface area contributed by atoms with Gasteiger partial charge in [-0.15, -0.1) is 11.3 Å². The second-order valence-corrected chi connectivity index (χ2v) is 5.16. The fourth-order valence-electron chi connectivity index (χ4n) is 2.03. The van der Waals surface area contributed by atoms with Crippen LogP contribution in [-0.2, 0) is 11.2 Å². The van der Waals surface area contributed by atoms with E-state index in [9.17, 15) is 4.79 Å². The van der Waals surface area contributed by atoms with Crippen molar-refractivity contribution in [2.45, 2.75) is 25.7 Å². The van der Waals surface area contributed by atoms with Crippen LogP contribution in [0.2, 0.25) is 0 Å². The molecule has 0 aromatic carbocycles. The van der Waals surface area contributed by atoms with Gasteiger partial charge >= 0.3 is 0 Å². The summed E-state index contributed by atoms with van der Waals surface area (Å²) in [5.41, 5.74) is 0. The van der Waals surface area contributed by atoms with Gasteiger partial charge in [0.2, 0.25) is 0 Å². The number of thiophene rings is 1. The summed E-state index contributed by atoms with van der Waals surface area (Å²) in [5.74, 6) is 0.361. The van der Waals surface area contributed by atoms with E-state index in [4.69, 9.17) is 0 Å². The quantitative estimate of drug-likeness (QED) is 0.781. The zero-order valence-corrected chi connectivity index (χ0v) is 9.76. The van der Waals surface area contributed by atoms with Gasteiger partial charge in [-0.2, -0.15) is 0 Å². The molecule has 1 aromatic rings. The third kappa shape index (κ3) is 3.43. The van der Waals surface area contributed by atoms with Gasteiger partial charge in [0.25, 0.3) is 0 Å². The number of nitrogens with zero attached hydrogens (tertiary/aromatic N) is 1. The van der Waals surface area contributed by atoms with Gasteiger partial charge in [0, 0.05) is 11.3 Å². The molecule has 1 aliphatic rings. The summed E-state index contributed by atoms with van der Waals surface area (Å²) in [6.45, 7) is 2.87. The number of likely N-dealkylation sites (tertiary alicyclic amines) is 1. The molecule has 2 heterocycles. The number of hydrogen-bond donors (Lipinski definition) is 0. The lowest BCUT2D eigenvalue weighted by molar-refractivity contribution is -0.119. The first-order valence-corrected chi connectivity index (χ1v) is 6.49. The van der Waals surface area contributed by atoms with E-state index in [-0.39, 0.29) is 0 Å². The van der Waals surface area contributed by atoms with E-state index in [2.05, 4.69) is 4.90 Å². The van der Waals surface area contributed by atoms with Gasteiger partial charge in [-0.25, -0.2) is 0 Å². The Balaban J connectivity index is 1.76. The molecule has 1 saturated heterocycles. The Morgan fingerprint density at radius 3 is 2.80 bits per heavy atom. The predicted octanol–water partition coefficient (Wildman–Crippen LogP) is 2.35. The van der Waals surface area contributed by atoms with Crippen molar-refractivity contribution in [3.8, 4) is 0 Å². The van der Waals surface area contributed by atoms with Crippen LogP contribution in [0.1, 0.15) is 24.1 Å². The van der Waals surface area contributed by atoms with Crippen LogP contribution in [0.3, 0.4) is 0 Å². The first kappa shape index (κ1) is 10.8. The lowest BCUT2D eigenvalue weighted by Gasteiger charge is -2.25. The van der Waals surface area contributed by atoms with Gasteiger partial charge < -0.3 is 0 Å². The minimum absolute atomic E-state index is 0.361. The Kier molecular flexibility index (Phi) is 3.92. The molecule has 2 nitrogen and oxygen atoms in total. The number of carbonyl (C=O) groups is 1. The van der Waals surface area contributed by atoms with Gasteiger partial charge in [-0.3, -0.25) is 9.69 Å². The number of carbonyl (C=O) groups excluding carboxylic acids is 1. The highest BCUT2D eigenvalue weighted by molar-refractivity contribution is 7.10. The highest BCUT2D eigenvalue weighted by Crippen LogP contribution is 2.12. The third-order valence-electron chi connectivity index (χ3n) is 2.80. The molecule has 1 fully saturated rings. The lowest BCUT2D eigenvalue weighted by atomic mass is 10.1. The number of rotatable bonds is 4. The molecule has 1 aliphatic heterocycles. The smallest absolute Gasteiger partial charge is 0.152 e. The summed E-state index contributed by atoms with van der Waals surface area (Å²) in [7, 11) is 0. The molecule has 0 spiro atoms. The van der Waals surface area contributed by atoms with Crippen LogP contribution in [0.4, 0.5) is 0 Å². The molecule has 3 heteroatoms. The second-order valence-electron chi connectivity index (χ2n) is 4.13. The fraction of sp³-hybridized carbons (Fsp3) is 0.583. The highest BCUT2D eigenvalue weighted by atomic mass is 32.1. The summed E-state index contributed by atoms with van der Waals surface area (Å²) in [6, 6.07) is 4.05. The van der Waals surface area contributed by atoms with Crippen molar-refractivity contribution in [2.75, 3.05) is 19.6 Å². The Labute approximate surface area is 94.9 Å². The molecule has 1 aromatic heterocycles. The van der Waals surface area contributed by atoms with E-state index in [1.54, 1.807) is 11.3 Å². The standard InChI is InChI=1S/C12H17NOS/c14-11(9-12-5-4-8-15-12)10-13-6-2-1-3-7-13/h4-5,8H,1-3,6-7,9-10H2. The molecule has 0 unspecified atom stereocenters. The Hall–Kier alpha value is -0.670. The van der Waals surface area contributed by atoms with Crippen molar-refractivity contribution in [3.63, 3.8) is 0 Å². The topological polar surface area (TPSA) is 20.3 Å². The first-order chi connectivity index (χ1) is 7.34. The minimum Gasteiger partial charge on any atom is -0.298 e. The van der Waals surface area contributed by atoms with E-state index in [0.29, 0.717) is 18.7 Å². The normalized spacial score (nSPS) is 17.9. The van der Waals surface area contributed by atoms with Gasteiger partial charge in [0.05, 0.1) is 6.54 Å². The van der Waals surface area contributed by atoms with E-state index in [1.807, 2.05) is 17.5 Å². The van der Waals surface area contributed by atoms with Crippen LogP contribution < -0.4 is 0 Å². The summed E-state index contributed by atoms with van der Waals surface area (Å²) >= 11 is 1.67. The minimum atomic E-state index is 0.361. The van der Waals surface area contributed by atoms with Gasteiger partial charge in [0.1, 0.15) is 0 Å². The van der Waals surface area contributed by atoms with Crippen LogP contribution in [0.5, 0.6) is 0 Å². The van der Waals surface area contributed by atoms with Crippen molar-refractivity contribution >= 4 is 17.1 Å². The molecular weight excluding hydrogens is 206 g/mol. The Morgan fingerprint density at radius 1 is 1.33 bits per heavy atom. The van der Waals surface area contributed by atoms with Crippen LogP contribution in [0.15, 0.2) is 17.5 Å². The van der Waals surface area contributed by atoms with Gasteiger partial charge in [-0.05, 0) is 37.4 Å². The van der Waals surface area contributed by atoms with Crippen LogP contribution in [-0.4, -0.2) is 30.3 Å². The molecule has 0 N–H and O–H groups in total. The third-order valence-corrected chi connectivity index (χ3v) is 3.68. The number of piperidine rings is 1. The van der Waals surface area contributed by atoms with E-state index >= 15 is 0 Å². The zero-order valence-electron chi connectivity index (χ0n) is 8.95. The molecule has 0 radical (unpaired) electrons. The maximum absolute atomic E-state index is 11.7. The molecule has 15 heavy (non-hydrogen) atoms. The predicted molar refractivity (Wildman–Crippen MR) is 63.3 cm³/mol. The summed E-state index contributed by atoms with van der Waals surface area (Å²) in [4.78, 5) is 15.2. The summed E-state index contributed by atoms with van der Waals surface area (Å²) < 4.78 is 0. The van der Waals surface area contributed by atoms with Crippen LogP contribution >= 0.6 is 11.3 Å². The second kappa shape index (κ2) is 5.42. The monoisotopic (exact) mass is 223 g/mol. The maximum Gasteiger partial charge on any atom is 0.152 e. The number of Topliss-reactive ketones (excluding diaryl/α,β-unsaturated/α-hetero) is 1. The van der Waals surface area contributed by atoms with Crippen LogP contribution in [0, 0.1) is 0 Å². The highest BCUT2D eigenvalue weighted by Gasteiger charge is 2.14. The number of hydrogen-bond acceptors (Lipinski definition) is 3. The molecule has 0 saturated carbocycles. The van der Waals surface area contributed by atoms with Gasteiger partial charge in [0.15, 0.2) is 5.78 Å². The zero-order chi connectivity index (χ0) is 10.5. The Morgan fingerprint density at radius 2 is 2.13 bits per heavy atom. The summed E-state index contributed by atoms with van der Waals surface area (Å²) in [5, 5.41) is 2.03. The molecule has 82 valence electrons. The number of ketones is 1. The van der Waals surface area contributed by atoms with Crippen molar-refractivity contribution in [1.82, 2.24) is 4.90 Å². The van der Waals surface area contributed by atoms with E-state index in [0.717, 1.165) is 13.1 Å². The maximum atomic E-state index is 11.7. The molecule has 2 rings (SSSR count). The Bertz CT molecular complexity index is 301. The van der Waals surface area contributed by atoms with E-state index in [1.165, 1.54) is 24.1 Å². The van der Waals surface area contributed by atoms with Crippen molar-refractivity contribution < 1.29 is 4.79 Å². The SMILES string of the molecule is O=C(Cc1cccs1)CN1CCCCC1. The largest absolute Gasteiger partial charge is 0.298 e. The lowest BCUT2D eigenvalue weighted by Crippen LogP contribution is -2.34. The van der Waals surface area contributed by atoms with Crippen molar-refractivity contribution in [3.05, 3.63) is 22.4 Å². The van der Waals surface area contributed by atoms with Crippen LogP contribution in [0.25, 0.3) is 0 Å². The van der Waals surface area contributed by atoms with E-state index < -0.39 is 0 Å². The molecule has 0 amide bonds. The first-order valence-electron chi connectivity index (χ1n) is 5.61. The summed E-state index contributed by atoms with van der Waals surface area (Å²) in [6.07, 6.45) is 4.46. The average Bonchev–Trinajstić information content (AvgIpc) is 2.71.